The fraction of sp³-hybridized carbons (Fsp3) is 0.240. The van der Waals surface area contributed by atoms with Crippen molar-refractivity contribution >= 4 is 11.8 Å². The van der Waals surface area contributed by atoms with Crippen LogP contribution in [0.2, 0.25) is 0 Å². The number of amides is 2. The summed E-state index contributed by atoms with van der Waals surface area (Å²) in [4.78, 5) is 32.8. The van der Waals surface area contributed by atoms with Gasteiger partial charge in [-0.15, -0.1) is 0 Å². The van der Waals surface area contributed by atoms with Crippen LogP contribution in [0.25, 0.3) is 0 Å². The number of hydrogen-bond acceptors (Lipinski definition) is 4. The normalized spacial score (nSPS) is 17.8. The van der Waals surface area contributed by atoms with Gasteiger partial charge in [0.25, 0.3) is 5.91 Å². The molecule has 3 aromatic rings. The maximum atomic E-state index is 13.5. The van der Waals surface area contributed by atoms with Crippen molar-refractivity contribution in [3.8, 4) is 0 Å². The maximum Gasteiger partial charge on any atom is 0.254 e. The molecule has 6 heteroatoms. The van der Waals surface area contributed by atoms with Gasteiger partial charge >= 0.3 is 0 Å². The van der Waals surface area contributed by atoms with E-state index in [4.69, 9.17) is 4.74 Å². The predicted molar refractivity (Wildman–Crippen MR) is 117 cm³/mol. The van der Waals surface area contributed by atoms with E-state index < -0.39 is 12.0 Å². The van der Waals surface area contributed by atoms with Crippen LogP contribution >= 0.6 is 0 Å². The van der Waals surface area contributed by atoms with Crippen LogP contribution in [0.3, 0.4) is 0 Å². The van der Waals surface area contributed by atoms with Crippen LogP contribution in [0.1, 0.15) is 39.0 Å². The number of nitrogens with one attached hydrogen (secondary N) is 1. The average molecular weight is 415 g/mol. The molecule has 2 atom stereocenters. The Balaban J connectivity index is 1.74. The summed E-state index contributed by atoms with van der Waals surface area (Å²) in [6, 6.07) is 20.4. The summed E-state index contributed by atoms with van der Waals surface area (Å²) in [5.74, 6) is -0.747. The molecule has 0 bridgehead atoms. The molecule has 2 aromatic carbocycles. The molecule has 0 saturated carbocycles. The second kappa shape index (κ2) is 9.53. The fourth-order valence-electron chi connectivity index (χ4n) is 4.13. The van der Waals surface area contributed by atoms with Crippen molar-refractivity contribution in [1.82, 2.24) is 15.2 Å². The van der Waals surface area contributed by atoms with Gasteiger partial charge in [0.05, 0.1) is 18.6 Å². The SMILES string of the molecule is COCCN1C(=O)c2ccccc2C(C(=O)NCc2cccnc2)C1c1ccccc1. The van der Waals surface area contributed by atoms with E-state index >= 15 is 0 Å². The summed E-state index contributed by atoms with van der Waals surface area (Å²) in [7, 11) is 1.61. The fourth-order valence-corrected chi connectivity index (χ4v) is 4.13. The molecule has 2 unspecified atom stereocenters. The molecular weight excluding hydrogens is 390 g/mol. The van der Waals surface area contributed by atoms with Crippen molar-refractivity contribution in [2.45, 2.75) is 18.5 Å². The summed E-state index contributed by atoms with van der Waals surface area (Å²) >= 11 is 0. The van der Waals surface area contributed by atoms with Gasteiger partial charge in [-0.05, 0) is 28.8 Å². The van der Waals surface area contributed by atoms with Crippen LogP contribution < -0.4 is 5.32 Å². The lowest BCUT2D eigenvalue weighted by atomic mass is 9.79. The van der Waals surface area contributed by atoms with E-state index in [1.54, 1.807) is 30.5 Å². The Kier molecular flexibility index (Phi) is 6.38. The molecule has 1 aliphatic heterocycles. The number of nitrogens with zero attached hydrogens (tertiary/aromatic N) is 2. The molecule has 0 aliphatic carbocycles. The Bertz CT molecular complexity index is 1040. The van der Waals surface area contributed by atoms with Gasteiger partial charge in [0.1, 0.15) is 0 Å². The number of rotatable bonds is 7. The molecule has 158 valence electrons. The molecular formula is C25H25N3O3. The van der Waals surface area contributed by atoms with Gasteiger partial charge in [-0.3, -0.25) is 14.6 Å². The Morgan fingerprint density at radius 3 is 2.58 bits per heavy atom. The molecule has 0 radical (unpaired) electrons. The molecule has 0 saturated heterocycles. The first kappa shape index (κ1) is 20.8. The van der Waals surface area contributed by atoms with Gasteiger partial charge < -0.3 is 15.0 Å². The third-order valence-electron chi connectivity index (χ3n) is 5.59. The quantitative estimate of drug-likeness (QED) is 0.643. The lowest BCUT2D eigenvalue weighted by Gasteiger charge is -2.41. The van der Waals surface area contributed by atoms with Gasteiger partial charge in [0, 0.05) is 38.2 Å². The second-order valence-corrected chi connectivity index (χ2v) is 7.49. The Hall–Kier alpha value is -3.51. The highest BCUT2D eigenvalue weighted by molar-refractivity contribution is 6.01. The largest absolute Gasteiger partial charge is 0.383 e. The average Bonchev–Trinajstić information content (AvgIpc) is 2.83. The summed E-state index contributed by atoms with van der Waals surface area (Å²) in [5.41, 5.74) is 3.15. The predicted octanol–water partition coefficient (Wildman–Crippen LogP) is 3.33. The van der Waals surface area contributed by atoms with Gasteiger partial charge in [0.15, 0.2) is 0 Å². The Labute approximate surface area is 181 Å². The molecule has 6 nitrogen and oxygen atoms in total. The monoisotopic (exact) mass is 415 g/mol. The topological polar surface area (TPSA) is 71.5 Å². The highest BCUT2D eigenvalue weighted by atomic mass is 16.5. The first-order chi connectivity index (χ1) is 15.2. The summed E-state index contributed by atoms with van der Waals surface area (Å²) in [6.07, 6.45) is 3.44. The van der Waals surface area contributed by atoms with Gasteiger partial charge in [0.2, 0.25) is 5.91 Å². The van der Waals surface area contributed by atoms with Crippen molar-refractivity contribution in [2.24, 2.45) is 0 Å². The van der Waals surface area contributed by atoms with Gasteiger partial charge in [-0.2, -0.15) is 0 Å². The summed E-state index contributed by atoms with van der Waals surface area (Å²) in [6.45, 7) is 1.16. The van der Waals surface area contributed by atoms with E-state index in [-0.39, 0.29) is 11.8 Å². The van der Waals surface area contributed by atoms with E-state index in [2.05, 4.69) is 10.3 Å². The van der Waals surface area contributed by atoms with Gasteiger partial charge in [-0.25, -0.2) is 0 Å². The number of methoxy groups -OCH3 is 1. The molecule has 1 aliphatic rings. The third kappa shape index (κ3) is 4.34. The van der Waals surface area contributed by atoms with Crippen LogP contribution in [-0.4, -0.2) is 42.0 Å². The minimum absolute atomic E-state index is 0.0854. The molecule has 2 heterocycles. The second-order valence-electron chi connectivity index (χ2n) is 7.49. The van der Waals surface area contributed by atoms with Gasteiger partial charge in [-0.1, -0.05) is 54.6 Å². The third-order valence-corrected chi connectivity index (χ3v) is 5.59. The van der Waals surface area contributed by atoms with Crippen molar-refractivity contribution in [1.29, 1.82) is 0 Å². The number of fused-ring (bicyclic) bond motifs is 1. The van der Waals surface area contributed by atoms with Crippen molar-refractivity contribution < 1.29 is 14.3 Å². The van der Waals surface area contributed by atoms with Crippen LogP contribution in [0.5, 0.6) is 0 Å². The number of carbonyl (C=O) groups is 2. The summed E-state index contributed by atoms with van der Waals surface area (Å²) in [5, 5.41) is 3.05. The van der Waals surface area contributed by atoms with E-state index in [1.807, 2.05) is 60.7 Å². The van der Waals surface area contributed by atoms with E-state index in [0.717, 1.165) is 16.7 Å². The lowest BCUT2D eigenvalue weighted by Crippen LogP contribution is -2.48. The number of hydrogen-bond donors (Lipinski definition) is 1. The Morgan fingerprint density at radius 1 is 1.06 bits per heavy atom. The van der Waals surface area contributed by atoms with Crippen molar-refractivity contribution in [3.63, 3.8) is 0 Å². The molecule has 2 amide bonds. The number of carbonyl (C=O) groups excluding carboxylic acids is 2. The molecule has 0 fully saturated rings. The Morgan fingerprint density at radius 2 is 1.84 bits per heavy atom. The van der Waals surface area contributed by atoms with E-state index in [0.29, 0.717) is 25.3 Å². The van der Waals surface area contributed by atoms with Crippen LogP contribution in [0.15, 0.2) is 79.1 Å². The number of ether oxygens (including phenoxy) is 1. The number of pyridine rings is 1. The number of aromatic nitrogens is 1. The van der Waals surface area contributed by atoms with Crippen LogP contribution in [0, 0.1) is 0 Å². The number of benzene rings is 2. The van der Waals surface area contributed by atoms with Crippen molar-refractivity contribution in [3.05, 3.63) is 101 Å². The highest BCUT2D eigenvalue weighted by Crippen LogP contribution is 2.42. The zero-order valence-corrected chi connectivity index (χ0v) is 17.4. The molecule has 1 aromatic heterocycles. The zero-order valence-electron chi connectivity index (χ0n) is 17.4. The summed E-state index contributed by atoms with van der Waals surface area (Å²) < 4.78 is 5.26. The van der Waals surface area contributed by atoms with E-state index in [9.17, 15) is 9.59 Å². The highest BCUT2D eigenvalue weighted by Gasteiger charge is 2.43. The first-order valence-corrected chi connectivity index (χ1v) is 10.3. The minimum Gasteiger partial charge on any atom is -0.383 e. The smallest absolute Gasteiger partial charge is 0.254 e. The van der Waals surface area contributed by atoms with Crippen LogP contribution in [0.4, 0.5) is 0 Å². The minimum atomic E-state index is -0.537. The van der Waals surface area contributed by atoms with Crippen molar-refractivity contribution in [2.75, 3.05) is 20.3 Å². The lowest BCUT2D eigenvalue weighted by molar-refractivity contribution is -0.124. The van der Waals surface area contributed by atoms with Crippen LogP contribution in [-0.2, 0) is 16.1 Å². The van der Waals surface area contributed by atoms with E-state index in [1.165, 1.54) is 0 Å². The maximum absolute atomic E-state index is 13.5. The molecule has 1 N–H and O–H groups in total. The zero-order chi connectivity index (χ0) is 21.6. The standard InChI is InChI=1S/C25H25N3O3/c1-31-15-14-28-23(19-9-3-2-4-10-19)22(20-11-5-6-12-21(20)25(28)30)24(29)27-17-18-8-7-13-26-16-18/h2-13,16,22-23H,14-15,17H2,1H3,(H,27,29). The molecule has 0 spiro atoms. The molecule has 31 heavy (non-hydrogen) atoms. The first-order valence-electron chi connectivity index (χ1n) is 10.3. The molecule has 4 rings (SSSR count).